The predicted octanol–water partition coefficient (Wildman–Crippen LogP) is 3.90. The fraction of sp³-hybridized carbons (Fsp3) is 0.167. The molecule has 0 N–H and O–H groups in total. The van der Waals surface area contributed by atoms with Crippen LogP contribution in [0.4, 0.5) is 4.39 Å². The van der Waals surface area contributed by atoms with Crippen LogP contribution in [0, 0.1) is 5.82 Å². The Morgan fingerprint density at radius 2 is 2.12 bits per heavy atom. The van der Waals surface area contributed by atoms with E-state index in [0.717, 1.165) is 11.3 Å². The molecule has 0 fully saturated rings. The molecule has 2 nitrogen and oxygen atoms in total. The molecule has 0 saturated heterocycles. The Hall–Kier alpha value is -1.13. The standard InChI is InChI=1S/C12H10BrFO2/c13-10-4-9(5-11(14)6-10)7-15-8-12-2-1-3-16-12/h1-6H,7-8H2. The average Bonchev–Trinajstić information content (AvgIpc) is 2.69. The summed E-state index contributed by atoms with van der Waals surface area (Å²) in [6, 6.07) is 8.33. The summed E-state index contributed by atoms with van der Waals surface area (Å²) in [5.41, 5.74) is 0.790. The smallest absolute Gasteiger partial charge is 0.129 e. The summed E-state index contributed by atoms with van der Waals surface area (Å²) in [6.45, 7) is 0.748. The first kappa shape index (κ1) is 11.4. The average molecular weight is 285 g/mol. The molecule has 0 unspecified atom stereocenters. The first-order chi connectivity index (χ1) is 7.74. The highest BCUT2D eigenvalue weighted by Gasteiger charge is 2.00. The summed E-state index contributed by atoms with van der Waals surface area (Å²) < 4.78 is 24.2. The third-order valence-electron chi connectivity index (χ3n) is 2.02. The van der Waals surface area contributed by atoms with E-state index < -0.39 is 0 Å². The van der Waals surface area contributed by atoms with Gasteiger partial charge in [0.05, 0.1) is 12.9 Å². The van der Waals surface area contributed by atoms with E-state index in [1.165, 1.54) is 12.1 Å². The molecule has 0 bridgehead atoms. The molecule has 4 heteroatoms. The maximum Gasteiger partial charge on any atom is 0.129 e. The molecular weight excluding hydrogens is 275 g/mol. The van der Waals surface area contributed by atoms with Crippen LogP contribution in [0.3, 0.4) is 0 Å². The molecule has 16 heavy (non-hydrogen) atoms. The Labute approximate surface area is 101 Å². The molecule has 1 aromatic carbocycles. The van der Waals surface area contributed by atoms with Gasteiger partial charge in [-0.25, -0.2) is 4.39 Å². The van der Waals surface area contributed by atoms with Gasteiger partial charge in [0.2, 0.25) is 0 Å². The first-order valence-corrected chi connectivity index (χ1v) is 5.58. The van der Waals surface area contributed by atoms with Crippen molar-refractivity contribution in [1.29, 1.82) is 0 Å². The summed E-state index contributed by atoms with van der Waals surface area (Å²) in [5, 5.41) is 0. The molecule has 1 aromatic heterocycles. The largest absolute Gasteiger partial charge is 0.467 e. The Morgan fingerprint density at radius 3 is 2.81 bits per heavy atom. The molecule has 0 amide bonds. The van der Waals surface area contributed by atoms with Gasteiger partial charge < -0.3 is 9.15 Å². The number of benzene rings is 1. The Bertz CT molecular complexity index is 434. The minimum absolute atomic E-state index is 0.272. The van der Waals surface area contributed by atoms with Crippen molar-refractivity contribution in [3.8, 4) is 0 Å². The second-order valence-electron chi connectivity index (χ2n) is 3.35. The minimum atomic E-state index is -0.272. The summed E-state index contributed by atoms with van der Waals surface area (Å²) in [5.74, 6) is 0.487. The van der Waals surface area contributed by atoms with Gasteiger partial charge in [-0.15, -0.1) is 0 Å². The predicted molar refractivity (Wildman–Crippen MR) is 61.3 cm³/mol. The molecule has 2 rings (SSSR count). The molecular formula is C12H10BrFO2. The van der Waals surface area contributed by atoms with Crippen LogP contribution >= 0.6 is 15.9 Å². The molecule has 1 heterocycles. The lowest BCUT2D eigenvalue weighted by atomic mass is 10.2. The Kier molecular flexibility index (Phi) is 3.74. The van der Waals surface area contributed by atoms with Gasteiger partial charge in [0, 0.05) is 4.47 Å². The molecule has 0 spiro atoms. The van der Waals surface area contributed by atoms with Crippen LogP contribution in [0.5, 0.6) is 0 Å². The minimum Gasteiger partial charge on any atom is -0.467 e. The molecule has 0 radical (unpaired) electrons. The van der Waals surface area contributed by atoms with E-state index in [0.29, 0.717) is 17.7 Å². The van der Waals surface area contributed by atoms with Gasteiger partial charge in [0.15, 0.2) is 0 Å². The van der Waals surface area contributed by atoms with Gasteiger partial charge in [0.1, 0.15) is 18.2 Å². The van der Waals surface area contributed by atoms with Gasteiger partial charge in [0.25, 0.3) is 0 Å². The lowest BCUT2D eigenvalue weighted by molar-refractivity contribution is 0.0927. The van der Waals surface area contributed by atoms with Gasteiger partial charge >= 0.3 is 0 Å². The third kappa shape index (κ3) is 3.18. The Balaban J connectivity index is 1.89. The molecule has 0 saturated carbocycles. The van der Waals surface area contributed by atoms with Crippen LogP contribution in [0.2, 0.25) is 0 Å². The first-order valence-electron chi connectivity index (χ1n) is 4.79. The zero-order valence-electron chi connectivity index (χ0n) is 8.45. The molecule has 2 aromatic rings. The van der Waals surface area contributed by atoms with Crippen molar-refractivity contribution in [2.24, 2.45) is 0 Å². The zero-order chi connectivity index (χ0) is 11.4. The van der Waals surface area contributed by atoms with E-state index in [4.69, 9.17) is 9.15 Å². The van der Waals surface area contributed by atoms with Crippen molar-refractivity contribution in [2.75, 3.05) is 0 Å². The van der Waals surface area contributed by atoms with Gasteiger partial charge in [-0.1, -0.05) is 15.9 Å². The van der Waals surface area contributed by atoms with Gasteiger partial charge in [-0.2, -0.15) is 0 Å². The van der Waals surface area contributed by atoms with Gasteiger partial charge in [-0.3, -0.25) is 0 Å². The number of hydrogen-bond acceptors (Lipinski definition) is 2. The van der Waals surface area contributed by atoms with E-state index in [1.54, 1.807) is 12.3 Å². The maximum absolute atomic E-state index is 13.0. The quantitative estimate of drug-likeness (QED) is 0.850. The van der Waals surface area contributed by atoms with Crippen LogP contribution in [0.15, 0.2) is 45.5 Å². The number of halogens is 2. The highest BCUT2D eigenvalue weighted by molar-refractivity contribution is 9.10. The van der Waals surface area contributed by atoms with Crippen molar-refractivity contribution in [1.82, 2.24) is 0 Å². The third-order valence-corrected chi connectivity index (χ3v) is 2.47. The molecule has 0 atom stereocenters. The van der Waals surface area contributed by atoms with Crippen molar-refractivity contribution in [2.45, 2.75) is 13.2 Å². The second kappa shape index (κ2) is 5.27. The number of ether oxygens (including phenoxy) is 1. The van der Waals surface area contributed by atoms with E-state index in [9.17, 15) is 4.39 Å². The second-order valence-corrected chi connectivity index (χ2v) is 4.27. The summed E-state index contributed by atoms with van der Waals surface area (Å²) in [4.78, 5) is 0. The van der Waals surface area contributed by atoms with Crippen molar-refractivity contribution in [3.63, 3.8) is 0 Å². The van der Waals surface area contributed by atoms with E-state index in [-0.39, 0.29) is 5.82 Å². The SMILES string of the molecule is Fc1cc(Br)cc(COCc2ccco2)c1. The molecule has 84 valence electrons. The van der Waals surface area contributed by atoms with Crippen LogP contribution in [-0.2, 0) is 18.0 Å². The fourth-order valence-corrected chi connectivity index (χ4v) is 1.87. The lowest BCUT2D eigenvalue weighted by Gasteiger charge is -2.03. The van der Waals surface area contributed by atoms with Crippen LogP contribution in [-0.4, -0.2) is 0 Å². The van der Waals surface area contributed by atoms with Crippen molar-refractivity contribution in [3.05, 3.63) is 58.2 Å². The summed E-state index contributed by atoms with van der Waals surface area (Å²) in [7, 11) is 0. The fourth-order valence-electron chi connectivity index (χ4n) is 1.36. The van der Waals surface area contributed by atoms with Crippen LogP contribution in [0.1, 0.15) is 11.3 Å². The monoisotopic (exact) mass is 284 g/mol. The topological polar surface area (TPSA) is 22.4 Å². The highest BCUT2D eigenvalue weighted by Crippen LogP contribution is 2.16. The zero-order valence-corrected chi connectivity index (χ0v) is 10.0. The maximum atomic E-state index is 13.0. The number of furan rings is 1. The van der Waals surface area contributed by atoms with Crippen LogP contribution < -0.4 is 0 Å². The van der Waals surface area contributed by atoms with Crippen molar-refractivity contribution < 1.29 is 13.5 Å². The van der Waals surface area contributed by atoms with Crippen molar-refractivity contribution >= 4 is 15.9 Å². The van der Waals surface area contributed by atoms with E-state index in [1.807, 2.05) is 12.1 Å². The summed E-state index contributed by atoms with van der Waals surface area (Å²) in [6.07, 6.45) is 1.59. The van der Waals surface area contributed by atoms with Gasteiger partial charge in [-0.05, 0) is 35.9 Å². The number of hydrogen-bond donors (Lipinski definition) is 0. The Morgan fingerprint density at radius 1 is 1.25 bits per heavy atom. The lowest BCUT2D eigenvalue weighted by Crippen LogP contribution is -1.93. The summed E-state index contributed by atoms with van der Waals surface area (Å²) >= 11 is 3.23. The van der Waals surface area contributed by atoms with E-state index in [2.05, 4.69) is 15.9 Å². The van der Waals surface area contributed by atoms with E-state index >= 15 is 0 Å². The molecule has 0 aliphatic carbocycles. The highest BCUT2D eigenvalue weighted by atomic mass is 79.9. The number of rotatable bonds is 4. The molecule has 0 aliphatic heterocycles. The van der Waals surface area contributed by atoms with Crippen LogP contribution in [0.25, 0.3) is 0 Å². The molecule has 0 aliphatic rings. The normalized spacial score (nSPS) is 10.6.